The number of benzene rings is 1. The van der Waals surface area contributed by atoms with Crippen molar-refractivity contribution in [2.24, 2.45) is 0 Å². The molecular formula is C17H17ClF3N3O. The lowest BCUT2D eigenvalue weighted by Crippen LogP contribution is -2.26. The first-order valence-electron chi connectivity index (χ1n) is 7.38. The molecule has 0 radical (unpaired) electrons. The molecule has 0 spiro atoms. The van der Waals surface area contributed by atoms with E-state index < -0.39 is 17.6 Å². The van der Waals surface area contributed by atoms with Gasteiger partial charge in [0.2, 0.25) is 0 Å². The van der Waals surface area contributed by atoms with Crippen molar-refractivity contribution in [2.45, 2.75) is 32.5 Å². The molecule has 1 amide bonds. The predicted octanol–water partition coefficient (Wildman–Crippen LogP) is 5.22. The number of carbonyl (C=O) groups is 1. The molecule has 1 heterocycles. The maximum atomic E-state index is 13.1. The Morgan fingerprint density at radius 1 is 1.12 bits per heavy atom. The SMILES string of the molecule is CC(C)(C)Nc1ccc(C(=O)Nc2ccc(Cl)cc2C(F)(F)F)cn1. The van der Waals surface area contributed by atoms with E-state index in [1.54, 1.807) is 6.07 Å². The number of nitrogens with one attached hydrogen (secondary N) is 2. The van der Waals surface area contributed by atoms with Crippen LogP contribution >= 0.6 is 11.6 Å². The van der Waals surface area contributed by atoms with Crippen LogP contribution in [-0.4, -0.2) is 16.4 Å². The van der Waals surface area contributed by atoms with Gasteiger partial charge in [-0.05, 0) is 51.1 Å². The summed E-state index contributed by atoms with van der Waals surface area (Å²) in [6.07, 6.45) is -3.33. The van der Waals surface area contributed by atoms with E-state index in [0.717, 1.165) is 12.1 Å². The lowest BCUT2D eigenvalue weighted by molar-refractivity contribution is -0.136. The molecule has 0 saturated heterocycles. The molecule has 0 aliphatic rings. The summed E-state index contributed by atoms with van der Waals surface area (Å²) in [6, 6.07) is 6.24. The van der Waals surface area contributed by atoms with Crippen LogP contribution in [0, 0.1) is 0 Å². The first-order valence-corrected chi connectivity index (χ1v) is 7.76. The number of halogens is 4. The van der Waals surface area contributed by atoms with Gasteiger partial charge in [0.1, 0.15) is 5.82 Å². The van der Waals surface area contributed by atoms with E-state index in [1.165, 1.54) is 18.3 Å². The van der Waals surface area contributed by atoms with Gasteiger partial charge in [0.25, 0.3) is 5.91 Å². The molecular weight excluding hydrogens is 355 g/mol. The second-order valence-corrected chi connectivity index (χ2v) is 6.89. The van der Waals surface area contributed by atoms with Crippen molar-refractivity contribution < 1.29 is 18.0 Å². The molecule has 8 heteroatoms. The summed E-state index contributed by atoms with van der Waals surface area (Å²) in [5.41, 5.74) is -1.43. The van der Waals surface area contributed by atoms with Crippen LogP contribution in [0.3, 0.4) is 0 Å². The summed E-state index contributed by atoms with van der Waals surface area (Å²) in [5, 5.41) is 5.31. The molecule has 2 aromatic rings. The van der Waals surface area contributed by atoms with E-state index in [2.05, 4.69) is 15.6 Å². The minimum Gasteiger partial charge on any atom is -0.365 e. The van der Waals surface area contributed by atoms with E-state index in [1.807, 2.05) is 20.8 Å². The average molecular weight is 372 g/mol. The molecule has 134 valence electrons. The van der Waals surface area contributed by atoms with Crippen LogP contribution in [0.1, 0.15) is 36.7 Å². The number of aromatic nitrogens is 1. The molecule has 0 aliphatic heterocycles. The van der Waals surface area contributed by atoms with Crippen molar-refractivity contribution >= 4 is 29.0 Å². The normalized spacial score (nSPS) is 12.0. The number of alkyl halides is 3. The highest BCUT2D eigenvalue weighted by atomic mass is 35.5. The minimum absolute atomic E-state index is 0.0652. The molecule has 1 aromatic heterocycles. The first-order chi connectivity index (χ1) is 11.5. The number of rotatable bonds is 3. The van der Waals surface area contributed by atoms with Crippen molar-refractivity contribution in [3.05, 3.63) is 52.7 Å². The van der Waals surface area contributed by atoms with Gasteiger partial charge in [-0.15, -0.1) is 0 Å². The van der Waals surface area contributed by atoms with Gasteiger partial charge >= 0.3 is 6.18 Å². The van der Waals surface area contributed by atoms with Crippen LogP contribution < -0.4 is 10.6 Å². The van der Waals surface area contributed by atoms with Crippen molar-refractivity contribution in [1.82, 2.24) is 4.98 Å². The van der Waals surface area contributed by atoms with Crippen molar-refractivity contribution in [1.29, 1.82) is 0 Å². The van der Waals surface area contributed by atoms with Gasteiger partial charge in [-0.2, -0.15) is 13.2 Å². The van der Waals surface area contributed by atoms with Gasteiger partial charge in [-0.3, -0.25) is 4.79 Å². The largest absolute Gasteiger partial charge is 0.418 e. The van der Waals surface area contributed by atoms with Gasteiger partial charge in [0, 0.05) is 16.8 Å². The fourth-order valence-electron chi connectivity index (χ4n) is 2.04. The summed E-state index contributed by atoms with van der Waals surface area (Å²) in [4.78, 5) is 16.3. The molecule has 1 aromatic carbocycles. The fraction of sp³-hybridized carbons (Fsp3) is 0.294. The van der Waals surface area contributed by atoms with Crippen LogP contribution in [0.4, 0.5) is 24.7 Å². The quantitative estimate of drug-likeness (QED) is 0.778. The van der Waals surface area contributed by atoms with Gasteiger partial charge in [-0.1, -0.05) is 11.6 Å². The van der Waals surface area contributed by atoms with Gasteiger partial charge < -0.3 is 10.6 Å². The fourth-order valence-corrected chi connectivity index (χ4v) is 2.21. The Balaban J connectivity index is 2.20. The topological polar surface area (TPSA) is 54.0 Å². The lowest BCUT2D eigenvalue weighted by atomic mass is 10.1. The molecule has 0 fully saturated rings. The highest BCUT2D eigenvalue weighted by Gasteiger charge is 2.34. The first kappa shape index (κ1) is 19.1. The summed E-state index contributed by atoms with van der Waals surface area (Å²) < 4.78 is 39.2. The molecule has 0 atom stereocenters. The van der Waals surface area contributed by atoms with Crippen LogP contribution in [-0.2, 0) is 6.18 Å². The molecule has 4 nitrogen and oxygen atoms in total. The van der Waals surface area contributed by atoms with Crippen LogP contribution in [0.25, 0.3) is 0 Å². The van der Waals surface area contributed by atoms with Crippen LogP contribution in [0.15, 0.2) is 36.5 Å². The number of pyridine rings is 1. The van der Waals surface area contributed by atoms with Crippen LogP contribution in [0.2, 0.25) is 5.02 Å². The van der Waals surface area contributed by atoms with Gasteiger partial charge in [0.15, 0.2) is 0 Å². The Hall–Kier alpha value is -2.28. The van der Waals surface area contributed by atoms with E-state index in [9.17, 15) is 18.0 Å². The number of anilines is 2. The third kappa shape index (κ3) is 5.35. The van der Waals surface area contributed by atoms with E-state index in [-0.39, 0.29) is 21.8 Å². The Kier molecular flexibility index (Phi) is 5.27. The van der Waals surface area contributed by atoms with Crippen molar-refractivity contribution in [3.8, 4) is 0 Å². The van der Waals surface area contributed by atoms with Crippen LogP contribution in [0.5, 0.6) is 0 Å². The van der Waals surface area contributed by atoms with E-state index >= 15 is 0 Å². The molecule has 2 rings (SSSR count). The number of nitrogens with zero attached hydrogens (tertiary/aromatic N) is 1. The maximum absolute atomic E-state index is 13.1. The minimum atomic E-state index is -4.63. The molecule has 0 bridgehead atoms. The Morgan fingerprint density at radius 3 is 2.32 bits per heavy atom. The third-order valence-electron chi connectivity index (χ3n) is 3.06. The lowest BCUT2D eigenvalue weighted by Gasteiger charge is -2.21. The summed E-state index contributed by atoms with van der Waals surface area (Å²) >= 11 is 5.62. The number of carbonyl (C=O) groups excluding carboxylic acids is 1. The molecule has 0 unspecified atom stereocenters. The Morgan fingerprint density at radius 2 is 1.80 bits per heavy atom. The van der Waals surface area contributed by atoms with Crippen molar-refractivity contribution in [2.75, 3.05) is 10.6 Å². The second-order valence-electron chi connectivity index (χ2n) is 6.45. The van der Waals surface area contributed by atoms with E-state index in [0.29, 0.717) is 5.82 Å². The second kappa shape index (κ2) is 6.92. The maximum Gasteiger partial charge on any atom is 0.418 e. The zero-order valence-electron chi connectivity index (χ0n) is 13.8. The molecule has 0 saturated carbocycles. The highest BCUT2D eigenvalue weighted by molar-refractivity contribution is 6.30. The number of amides is 1. The highest BCUT2D eigenvalue weighted by Crippen LogP contribution is 2.36. The number of hydrogen-bond acceptors (Lipinski definition) is 3. The van der Waals surface area contributed by atoms with Crippen molar-refractivity contribution in [3.63, 3.8) is 0 Å². The predicted molar refractivity (Wildman–Crippen MR) is 92.0 cm³/mol. The van der Waals surface area contributed by atoms with E-state index in [4.69, 9.17) is 11.6 Å². The Bertz CT molecular complexity index is 768. The number of hydrogen-bond donors (Lipinski definition) is 2. The smallest absolute Gasteiger partial charge is 0.365 e. The zero-order chi connectivity index (χ0) is 18.8. The summed E-state index contributed by atoms with van der Waals surface area (Å²) in [5.74, 6) is -0.130. The van der Waals surface area contributed by atoms with Gasteiger partial charge in [0.05, 0.1) is 16.8 Å². The third-order valence-corrected chi connectivity index (χ3v) is 3.30. The average Bonchev–Trinajstić information content (AvgIpc) is 2.47. The monoisotopic (exact) mass is 371 g/mol. The molecule has 2 N–H and O–H groups in total. The zero-order valence-corrected chi connectivity index (χ0v) is 14.6. The standard InChI is InChI=1S/C17H17ClF3N3O/c1-16(2,3)24-14-7-4-10(9-22-14)15(25)23-13-6-5-11(18)8-12(13)17(19,20)21/h4-9H,1-3H3,(H,22,24)(H,23,25). The molecule has 25 heavy (non-hydrogen) atoms. The summed E-state index contributed by atoms with van der Waals surface area (Å²) in [6.45, 7) is 5.86. The Labute approximate surface area is 148 Å². The van der Waals surface area contributed by atoms with Gasteiger partial charge in [-0.25, -0.2) is 4.98 Å². The molecule has 0 aliphatic carbocycles. The summed E-state index contributed by atoms with van der Waals surface area (Å²) in [7, 11) is 0.